The van der Waals surface area contributed by atoms with E-state index in [-0.39, 0.29) is 12.1 Å². The molecular weight excluding hydrogens is 326 g/mol. The van der Waals surface area contributed by atoms with Crippen LogP contribution in [0.2, 0.25) is 0 Å². The van der Waals surface area contributed by atoms with Crippen molar-refractivity contribution in [2.45, 2.75) is 39.3 Å². The standard InChI is InChI=1S/C18H22BrNO/c1-4-16(20)18(14-6-5-7-15(19)11-14)21-17-9-8-12(2)10-13(17)3/h5-11,16,18H,4,20H2,1-3H3. The largest absolute Gasteiger partial charge is 0.484 e. The summed E-state index contributed by atoms with van der Waals surface area (Å²) >= 11 is 3.51. The lowest BCUT2D eigenvalue weighted by Gasteiger charge is -2.26. The lowest BCUT2D eigenvalue weighted by Crippen LogP contribution is -2.31. The maximum absolute atomic E-state index is 6.29. The van der Waals surface area contributed by atoms with Gasteiger partial charge >= 0.3 is 0 Å². The minimum atomic E-state index is -0.145. The van der Waals surface area contributed by atoms with E-state index in [0.717, 1.165) is 27.8 Å². The molecule has 2 atom stereocenters. The van der Waals surface area contributed by atoms with Crippen LogP contribution in [0, 0.1) is 13.8 Å². The summed E-state index contributed by atoms with van der Waals surface area (Å²) in [6.07, 6.45) is 0.719. The van der Waals surface area contributed by atoms with Crippen molar-refractivity contribution in [3.8, 4) is 5.75 Å². The van der Waals surface area contributed by atoms with Crippen LogP contribution in [0.3, 0.4) is 0 Å². The molecular formula is C18H22BrNO. The maximum Gasteiger partial charge on any atom is 0.139 e. The summed E-state index contributed by atoms with van der Waals surface area (Å²) in [4.78, 5) is 0. The third-order valence-corrected chi connectivity index (χ3v) is 4.12. The molecule has 0 bridgehead atoms. The second kappa shape index (κ2) is 7.10. The summed E-state index contributed by atoms with van der Waals surface area (Å²) in [6.45, 7) is 6.24. The van der Waals surface area contributed by atoms with E-state index >= 15 is 0 Å². The Hall–Kier alpha value is -1.32. The molecule has 2 nitrogen and oxygen atoms in total. The summed E-state index contributed by atoms with van der Waals surface area (Å²) in [6, 6.07) is 14.3. The molecule has 3 heteroatoms. The Balaban J connectivity index is 2.33. The molecule has 2 aromatic rings. The molecule has 0 saturated heterocycles. The monoisotopic (exact) mass is 347 g/mol. The van der Waals surface area contributed by atoms with Crippen molar-refractivity contribution in [1.82, 2.24) is 0 Å². The quantitative estimate of drug-likeness (QED) is 0.832. The van der Waals surface area contributed by atoms with E-state index in [2.05, 4.69) is 61.0 Å². The van der Waals surface area contributed by atoms with Gasteiger partial charge in [-0.2, -0.15) is 0 Å². The fraction of sp³-hybridized carbons (Fsp3) is 0.333. The van der Waals surface area contributed by atoms with Crippen LogP contribution in [0.25, 0.3) is 0 Å². The van der Waals surface area contributed by atoms with Gasteiger partial charge in [-0.1, -0.05) is 52.7 Å². The zero-order chi connectivity index (χ0) is 15.4. The van der Waals surface area contributed by atoms with Crippen molar-refractivity contribution < 1.29 is 4.74 Å². The molecule has 2 rings (SSSR count). The Labute approximate surface area is 135 Å². The first kappa shape index (κ1) is 16.1. The van der Waals surface area contributed by atoms with Gasteiger partial charge in [0.1, 0.15) is 11.9 Å². The Kier molecular flexibility index (Phi) is 5.43. The highest BCUT2D eigenvalue weighted by Crippen LogP contribution is 2.29. The van der Waals surface area contributed by atoms with Gasteiger partial charge < -0.3 is 10.5 Å². The molecule has 0 saturated carbocycles. The molecule has 0 aliphatic carbocycles. The number of hydrogen-bond donors (Lipinski definition) is 1. The number of aryl methyl sites for hydroxylation is 2. The van der Waals surface area contributed by atoms with Crippen LogP contribution in [-0.2, 0) is 0 Å². The summed E-state index contributed by atoms with van der Waals surface area (Å²) in [5, 5.41) is 0. The third-order valence-electron chi connectivity index (χ3n) is 3.62. The molecule has 0 radical (unpaired) electrons. The number of hydrogen-bond acceptors (Lipinski definition) is 2. The molecule has 0 amide bonds. The average molecular weight is 348 g/mol. The minimum Gasteiger partial charge on any atom is -0.484 e. The van der Waals surface area contributed by atoms with E-state index in [1.807, 2.05) is 18.2 Å². The topological polar surface area (TPSA) is 35.2 Å². The van der Waals surface area contributed by atoms with Gasteiger partial charge in [0, 0.05) is 10.5 Å². The predicted octanol–water partition coefficient (Wildman–Crippen LogP) is 4.92. The van der Waals surface area contributed by atoms with Crippen LogP contribution in [0.1, 0.15) is 36.1 Å². The third kappa shape index (κ3) is 4.08. The van der Waals surface area contributed by atoms with Gasteiger partial charge in [-0.3, -0.25) is 0 Å². The molecule has 0 aliphatic rings. The number of benzene rings is 2. The maximum atomic E-state index is 6.29. The Bertz CT molecular complexity index is 612. The molecule has 0 aromatic heterocycles. The van der Waals surface area contributed by atoms with Crippen molar-refractivity contribution >= 4 is 15.9 Å². The molecule has 0 fully saturated rings. The van der Waals surface area contributed by atoms with Gasteiger partial charge in [-0.25, -0.2) is 0 Å². The van der Waals surface area contributed by atoms with Crippen LogP contribution in [-0.4, -0.2) is 6.04 Å². The number of rotatable bonds is 5. The van der Waals surface area contributed by atoms with Crippen molar-refractivity contribution in [3.05, 3.63) is 63.6 Å². The summed E-state index contributed by atoms with van der Waals surface area (Å²) in [5.41, 5.74) is 9.76. The van der Waals surface area contributed by atoms with Gasteiger partial charge in [0.2, 0.25) is 0 Å². The molecule has 112 valence electrons. The van der Waals surface area contributed by atoms with E-state index in [0.29, 0.717) is 0 Å². The van der Waals surface area contributed by atoms with E-state index in [9.17, 15) is 0 Å². The number of nitrogens with two attached hydrogens (primary N) is 1. The fourth-order valence-electron chi connectivity index (χ4n) is 2.37. The Morgan fingerprint density at radius 2 is 1.90 bits per heavy atom. The summed E-state index contributed by atoms with van der Waals surface area (Å²) in [5.74, 6) is 0.898. The van der Waals surface area contributed by atoms with Crippen LogP contribution in [0.4, 0.5) is 0 Å². The fourth-order valence-corrected chi connectivity index (χ4v) is 2.79. The van der Waals surface area contributed by atoms with E-state index in [4.69, 9.17) is 10.5 Å². The number of ether oxygens (including phenoxy) is 1. The van der Waals surface area contributed by atoms with Crippen molar-refractivity contribution in [3.63, 3.8) is 0 Å². The molecule has 0 spiro atoms. The lowest BCUT2D eigenvalue weighted by molar-refractivity contribution is 0.170. The molecule has 0 aliphatic heterocycles. The zero-order valence-electron chi connectivity index (χ0n) is 12.8. The van der Waals surface area contributed by atoms with Crippen LogP contribution < -0.4 is 10.5 Å². The van der Waals surface area contributed by atoms with E-state index in [1.54, 1.807) is 0 Å². The van der Waals surface area contributed by atoms with Gasteiger partial charge in [0.15, 0.2) is 0 Å². The second-order valence-corrected chi connectivity index (χ2v) is 6.35. The van der Waals surface area contributed by atoms with Crippen molar-refractivity contribution in [2.75, 3.05) is 0 Å². The van der Waals surface area contributed by atoms with Crippen molar-refractivity contribution in [1.29, 1.82) is 0 Å². The van der Waals surface area contributed by atoms with Gasteiger partial charge in [-0.15, -0.1) is 0 Å². The molecule has 21 heavy (non-hydrogen) atoms. The zero-order valence-corrected chi connectivity index (χ0v) is 14.4. The first-order valence-electron chi connectivity index (χ1n) is 7.26. The number of halogens is 1. The van der Waals surface area contributed by atoms with Crippen LogP contribution in [0.5, 0.6) is 5.75 Å². The normalized spacial score (nSPS) is 13.8. The van der Waals surface area contributed by atoms with E-state index < -0.39 is 0 Å². The Morgan fingerprint density at radius 1 is 1.14 bits per heavy atom. The highest BCUT2D eigenvalue weighted by Gasteiger charge is 2.21. The molecule has 0 heterocycles. The van der Waals surface area contributed by atoms with Crippen LogP contribution in [0.15, 0.2) is 46.9 Å². The minimum absolute atomic E-state index is 0.0417. The molecule has 2 N–H and O–H groups in total. The predicted molar refractivity (Wildman–Crippen MR) is 91.7 cm³/mol. The average Bonchev–Trinajstić information content (AvgIpc) is 2.45. The first-order valence-corrected chi connectivity index (χ1v) is 8.05. The van der Waals surface area contributed by atoms with Crippen molar-refractivity contribution in [2.24, 2.45) is 5.73 Å². The Morgan fingerprint density at radius 3 is 2.52 bits per heavy atom. The second-order valence-electron chi connectivity index (χ2n) is 5.43. The highest BCUT2D eigenvalue weighted by atomic mass is 79.9. The first-order chi connectivity index (χ1) is 10.0. The van der Waals surface area contributed by atoms with Gasteiger partial charge in [0.25, 0.3) is 0 Å². The SMILES string of the molecule is CCC(N)C(Oc1ccc(C)cc1C)c1cccc(Br)c1. The van der Waals surface area contributed by atoms with E-state index in [1.165, 1.54) is 5.56 Å². The summed E-state index contributed by atoms with van der Waals surface area (Å²) in [7, 11) is 0. The van der Waals surface area contributed by atoms with Crippen LogP contribution >= 0.6 is 15.9 Å². The lowest BCUT2D eigenvalue weighted by atomic mass is 10.0. The molecule has 2 aromatic carbocycles. The van der Waals surface area contributed by atoms with Gasteiger partial charge in [0.05, 0.1) is 0 Å². The molecule has 2 unspecified atom stereocenters. The summed E-state index contributed by atoms with van der Waals surface area (Å²) < 4.78 is 7.29. The van der Waals surface area contributed by atoms with Gasteiger partial charge in [-0.05, 0) is 49.6 Å². The smallest absolute Gasteiger partial charge is 0.139 e. The highest BCUT2D eigenvalue weighted by molar-refractivity contribution is 9.10.